The maximum atomic E-state index is 13.4. The summed E-state index contributed by atoms with van der Waals surface area (Å²) in [6.45, 7) is 1.22. The van der Waals surface area contributed by atoms with E-state index in [0.717, 1.165) is 12.3 Å². The van der Waals surface area contributed by atoms with E-state index >= 15 is 0 Å². The number of ether oxygens (including phenoxy) is 1. The van der Waals surface area contributed by atoms with Gasteiger partial charge in [-0.05, 0) is 25.1 Å². The van der Waals surface area contributed by atoms with Crippen LogP contribution in [-0.2, 0) is 9.84 Å². The predicted octanol–water partition coefficient (Wildman–Crippen LogP) is 1.45. The normalized spacial score (nSPS) is 11.2. The van der Waals surface area contributed by atoms with Crippen LogP contribution >= 0.6 is 0 Å². The number of hydrogen-bond donors (Lipinski definition) is 0. The molecule has 6 heteroatoms. The Morgan fingerprint density at radius 1 is 1.41 bits per heavy atom. The van der Waals surface area contributed by atoms with Crippen molar-refractivity contribution in [2.45, 2.75) is 6.92 Å². The molecule has 0 aliphatic carbocycles. The number of Topliss-reactive ketones (excluding diaryl/α,β-unsaturated/α-hetero) is 1. The Hall–Kier alpha value is -1.43. The van der Waals surface area contributed by atoms with Crippen molar-refractivity contribution >= 4 is 15.6 Å². The fourth-order valence-corrected chi connectivity index (χ4v) is 1.53. The van der Waals surface area contributed by atoms with Crippen molar-refractivity contribution in [3.05, 3.63) is 29.6 Å². The molecule has 0 fully saturated rings. The van der Waals surface area contributed by atoms with Crippen molar-refractivity contribution in [1.29, 1.82) is 0 Å². The average molecular weight is 260 g/mol. The summed E-state index contributed by atoms with van der Waals surface area (Å²) in [4.78, 5) is 11.0. The monoisotopic (exact) mass is 260 g/mol. The molecule has 0 radical (unpaired) electrons. The van der Waals surface area contributed by atoms with Crippen molar-refractivity contribution in [3.8, 4) is 5.75 Å². The quantitative estimate of drug-likeness (QED) is 0.752. The molecular weight excluding hydrogens is 247 g/mol. The second-order valence-electron chi connectivity index (χ2n) is 3.68. The second kappa shape index (κ2) is 5.27. The SMILES string of the molecule is CC(=O)c1ccc(OCCS(C)(=O)=O)c(F)c1. The van der Waals surface area contributed by atoms with Gasteiger partial charge >= 0.3 is 0 Å². The zero-order valence-electron chi connectivity index (χ0n) is 9.57. The van der Waals surface area contributed by atoms with Crippen LogP contribution < -0.4 is 4.74 Å². The molecular formula is C11H13FO4S. The Bertz CT molecular complexity index is 522. The van der Waals surface area contributed by atoms with Gasteiger partial charge in [0.25, 0.3) is 0 Å². The number of rotatable bonds is 5. The Morgan fingerprint density at radius 2 is 2.06 bits per heavy atom. The third-order valence-electron chi connectivity index (χ3n) is 2.05. The molecule has 94 valence electrons. The van der Waals surface area contributed by atoms with Crippen LogP contribution in [-0.4, -0.2) is 32.8 Å². The van der Waals surface area contributed by atoms with Crippen LogP contribution in [0.25, 0.3) is 0 Å². The molecule has 0 aromatic heterocycles. The lowest BCUT2D eigenvalue weighted by molar-refractivity contribution is 0.101. The molecule has 0 saturated heterocycles. The van der Waals surface area contributed by atoms with Gasteiger partial charge in [0.15, 0.2) is 27.2 Å². The number of halogens is 1. The summed E-state index contributed by atoms with van der Waals surface area (Å²) in [6.07, 6.45) is 1.07. The number of sulfone groups is 1. The standard InChI is InChI=1S/C11H13FO4S/c1-8(13)9-3-4-11(10(12)7-9)16-5-6-17(2,14)15/h3-4,7H,5-6H2,1-2H3. The van der Waals surface area contributed by atoms with Crippen LogP contribution in [0.4, 0.5) is 4.39 Å². The maximum Gasteiger partial charge on any atom is 0.165 e. The average Bonchev–Trinajstić information content (AvgIpc) is 2.18. The first kappa shape index (κ1) is 13.6. The molecule has 0 bridgehead atoms. The summed E-state index contributed by atoms with van der Waals surface area (Å²) < 4.78 is 40.0. The molecule has 0 spiro atoms. The number of benzene rings is 1. The van der Waals surface area contributed by atoms with Gasteiger partial charge in [0, 0.05) is 11.8 Å². The Kier molecular flexibility index (Phi) is 4.22. The molecule has 1 rings (SSSR count). The minimum Gasteiger partial charge on any atom is -0.489 e. The lowest BCUT2D eigenvalue weighted by Crippen LogP contribution is -2.12. The van der Waals surface area contributed by atoms with Crippen LogP contribution in [0.5, 0.6) is 5.75 Å². The molecule has 1 aromatic rings. The highest BCUT2D eigenvalue weighted by Gasteiger charge is 2.08. The lowest BCUT2D eigenvalue weighted by atomic mass is 10.1. The highest BCUT2D eigenvalue weighted by molar-refractivity contribution is 7.90. The highest BCUT2D eigenvalue weighted by Crippen LogP contribution is 2.18. The predicted molar refractivity (Wildman–Crippen MR) is 61.6 cm³/mol. The van der Waals surface area contributed by atoms with Gasteiger partial charge in [-0.2, -0.15) is 0 Å². The first-order chi connectivity index (χ1) is 7.79. The van der Waals surface area contributed by atoms with Gasteiger partial charge < -0.3 is 4.74 Å². The molecule has 0 saturated carbocycles. The molecule has 0 atom stereocenters. The summed E-state index contributed by atoms with van der Waals surface area (Å²) >= 11 is 0. The van der Waals surface area contributed by atoms with Gasteiger partial charge in [0.05, 0.1) is 5.75 Å². The molecule has 0 N–H and O–H groups in total. The third-order valence-corrected chi connectivity index (χ3v) is 2.96. The van der Waals surface area contributed by atoms with Crippen molar-refractivity contribution in [1.82, 2.24) is 0 Å². The van der Waals surface area contributed by atoms with Crippen LogP contribution in [0.1, 0.15) is 17.3 Å². The molecule has 0 aliphatic heterocycles. The zero-order valence-corrected chi connectivity index (χ0v) is 10.4. The van der Waals surface area contributed by atoms with E-state index in [1.165, 1.54) is 19.1 Å². The summed E-state index contributed by atoms with van der Waals surface area (Å²) in [6, 6.07) is 3.81. The maximum absolute atomic E-state index is 13.4. The topological polar surface area (TPSA) is 60.4 Å². The van der Waals surface area contributed by atoms with Crippen LogP contribution in [0.15, 0.2) is 18.2 Å². The zero-order chi connectivity index (χ0) is 13.1. The Balaban J connectivity index is 2.70. The van der Waals surface area contributed by atoms with Gasteiger partial charge in [0.2, 0.25) is 0 Å². The van der Waals surface area contributed by atoms with Crippen molar-refractivity contribution in [3.63, 3.8) is 0 Å². The molecule has 0 amide bonds. The Labute approximate surface area is 99.3 Å². The lowest BCUT2D eigenvalue weighted by Gasteiger charge is -2.07. The molecule has 0 aliphatic rings. The van der Waals surface area contributed by atoms with E-state index in [9.17, 15) is 17.6 Å². The fraction of sp³-hybridized carbons (Fsp3) is 0.364. The van der Waals surface area contributed by atoms with Crippen LogP contribution in [0, 0.1) is 5.82 Å². The van der Waals surface area contributed by atoms with E-state index in [-0.39, 0.29) is 29.5 Å². The first-order valence-electron chi connectivity index (χ1n) is 4.90. The van der Waals surface area contributed by atoms with Gasteiger partial charge in [-0.25, -0.2) is 12.8 Å². The molecule has 0 heterocycles. The summed E-state index contributed by atoms with van der Waals surface area (Å²) in [5.74, 6) is -1.16. The molecule has 0 unspecified atom stereocenters. The second-order valence-corrected chi connectivity index (χ2v) is 5.94. The highest BCUT2D eigenvalue weighted by atomic mass is 32.2. The summed E-state index contributed by atoms with van der Waals surface area (Å²) in [5.41, 5.74) is 0.248. The Morgan fingerprint density at radius 3 is 2.53 bits per heavy atom. The summed E-state index contributed by atoms with van der Waals surface area (Å²) in [5, 5.41) is 0. The summed E-state index contributed by atoms with van der Waals surface area (Å²) in [7, 11) is -3.13. The number of carbonyl (C=O) groups is 1. The van der Waals surface area contributed by atoms with Gasteiger partial charge in [-0.3, -0.25) is 4.79 Å². The van der Waals surface area contributed by atoms with Crippen molar-refractivity contribution < 1.29 is 22.3 Å². The van der Waals surface area contributed by atoms with E-state index in [4.69, 9.17) is 4.74 Å². The van der Waals surface area contributed by atoms with Gasteiger partial charge in [-0.15, -0.1) is 0 Å². The van der Waals surface area contributed by atoms with Crippen LogP contribution in [0.2, 0.25) is 0 Å². The smallest absolute Gasteiger partial charge is 0.165 e. The van der Waals surface area contributed by atoms with Crippen LogP contribution in [0.3, 0.4) is 0 Å². The largest absolute Gasteiger partial charge is 0.489 e. The molecule has 1 aromatic carbocycles. The fourth-order valence-electron chi connectivity index (χ4n) is 1.14. The first-order valence-corrected chi connectivity index (χ1v) is 6.96. The van der Waals surface area contributed by atoms with Crippen molar-refractivity contribution in [2.75, 3.05) is 18.6 Å². The molecule has 4 nitrogen and oxygen atoms in total. The minimum atomic E-state index is -3.13. The van der Waals surface area contributed by atoms with E-state index in [1.54, 1.807) is 0 Å². The van der Waals surface area contributed by atoms with Crippen molar-refractivity contribution in [2.24, 2.45) is 0 Å². The van der Waals surface area contributed by atoms with E-state index in [2.05, 4.69) is 0 Å². The minimum absolute atomic E-state index is 0.0568. The third kappa shape index (κ3) is 4.52. The van der Waals surface area contributed by atoms with E-state index in [1.807, 2.05) is 0 Å². The number of ketones is 1. The van der Waals surface area contributed by atoms with E-state index in [0.29, 0.717) is 0 Å². The van der Waals surface area contributed by atoms with Gasteiger partial charge in [0.1, 0.15) is 6.61 Å². The van der Waals surface area contributed by atoms with Gasteiger partial charge in [-0.1, -0.05) is 0 Å². The van der Waals surface area contributed by atoms with E-state index < -0.39 is 15.7 Å². The molecule has 17 heavy (non-hydrogen) atoms. The number of hydrogen-bond acceptors (Lipinski definition) is 4. The number of carbonyl (C=O) groups excluding carboxylic acids is 1.